The first kappa shape index (κ1) is 14.3. The molecule has 3 aromatic carbocycles. The first-order chi connectivity index (χ1) is 11.1. The maximum Gasteiger partial charge on any atom is 0.154 e. The van der Waals surface area contributed by atoms with Gasteiger partial charge in [0, 0.05) is 16.3 Å². The molecule has 1 heterocycles. The van der Waals surface area contributed by atoms with Gasteiger partial charge in [-0.1, -0.05) is 67.9 Å². The van der Waals surface area contributed by atoms with Crippen molar-refractivity contribution in [1.29, 1.82) is 0 Å². The van der Waals surface area contributed by atoms with Gasteiger partial charge in [-0.05, 0) is 35.1 Å². The predicted octanol–water partition coefficient (Wildman–Crippen LogP) is 7.03. The Bertz CT molecular complexity index is 1010. The zero-order valence-electron chi connectivity index (χ0n) is 13.1. The maximum atomic E-state index is 6.56. The van der Waals surface area contributed by atoms with Crippen LogP contribution in [0.1, 0.15) is 25.3 Å². The molecule has 2 heteroatoms. The SMILES string of the molecule is CC(C)c1cccc(-c2cc3cc4ccccc4c(Cl)c3o2)c1. The van der Waals surface area contributed by atoms with Crippen LogP contribution in [0.4, 0.5) is 0 Å². The Hall–Kier alpha value is -2.25. The molecule has 0 unspecified atom stereocenters. The maximum absolute atomic E-state index is 6.56. The minimum absolute atomic E-state index is 0.491. The van der Waals surface area contributed by atoms with Gasteiger partial charge in [0.15, 0.2) is 5.58 Å². The highest BCUT2D eigenvalue weighted by Gasteiger charge is 2.13. The second-order valence-corrected chi connectivity index (χ2v) is 6.60. The summed E-state index contributed by atoms with van der Waals surface area (Å²) < 4.78 is 6.10. The third-order valence-corrected chi connectivity index (χ3v) is 4.68. The fourth-order valence-corrected chi connectivity index (χ4v) is 3.31. The van der Waals surface area contributed by atoms with Crippen molar-refractivity contribution in [3.8, 4) is 11.3 Å². The van der Waals surface area contributed by atoms with Crippen LogP contribution in [0.2, 0.25) is 5.02 Å². The highest BCUT2D eigenvalue weighted by Crippen LogP contribution is 2.37. The standard InChI is InChI=1S/C21H17ClO/c1-13(2)14-7-5-8-16(10-14)19-12-17-11-15-6-3-4-9-18(15)20(22)21(17)23-19/h3-13H,1-2H3. The van der Waals surface area contributed by atoms with Gasteiger partial charge in [0.1, 0.15) is 5.76 Å². The molecule has 0 spiro atoms. The summed E-state index contributed by atoms with van der Waals surface area (Å²) in [5.74, 6) is 1.35. The van der Waals surface area contributed by atoms with Crippen LogP contribution in [0.5, 0.6) is 0 Å². The fourth-order valence-electron chi connectivity index (χ4n) is 2.99. The molecule has 1 nitrogen and oxygen atoms in total. The van der Waals surface area contributed by atoms with E-state index in [9.17, 15) is 0 Å². The van der Waals surface area contributed by atoms with E-state index in [4.69, 9.17) is 16.0 Å². The highest BCUT2D eigenvalue weighted by atomic mass is 35.5. The Morgan fingerprint density at radius 2 is 1.70 bits per heavy atom. The van der Waals surface area contributed by atoms with Gasteiger partial charge in [0.25, 0.3) is 0 Å². The number of rotatable bonds is 2. The molecule has 0 atom stereocenters. The zero-order chi connectivity index (χ0) is 16.0. The minimum Gasteiger partial charge on any atom is -0.454 e. The van der Waals surface area contributed by atoms with Crippen LogP contribution in [0.3, 0.4) is 0 Å². The van der Waals surface area contributed by atoms with Crippen molar-refractivity contribution in [3.05, 3.63) is 71.2 Å². The molecule has 0 saturated carbocycles. The van der Waals surface area contributed by atoms with Crippen LogP contribution in [-0.4, -0.2) is 0 Å². The van der Waals surface area contributed by atoms with E-state index < -0.39 is 0 Å². The Morgan fingerprint density at radius 3 is 2.52 bits per heavy atom. The van der Waals surface area contributed by atoms with Gasteiger partial charge in [-0.25, -0.2) is 0 Å². The van der Waals surface area contributed by atoms with Crippen molar-refractivity contribution in [2.24, 2.45) is 0 Å². The smallest absolute Gasteiger partial charge is 0.154 e. The van der Waals surface area contributed by atoms with E-state index in [0.29, 0.717) is 10.9 Å². The molecule has 0 radical (unpaired) electrons. The summed E-state index contributed by atoms with van der Waals surface area (Å²) in [6.07, 6.45) is 0. The number of furan rings is 1. The quantitative estimate of drug-likeness (QED) is 0.386. The second-order valence-electron chi connectivity index (χ2n) is 6.22. The number of halogens is 1. The van der Waals surface area contributed by atoms with Gasteiger partial charge < -0.3 is 4.42 Å². The highest BCUT2D eigenvalue weighted by molar-refractivity contribution is 6.40. The molecule has 0 bridgehead atoms. The summed E-state index contributed by atoms with van der Waals surface area (Å²) in [7, 11) is 0. The fraction of sp³-hybridized carbons (Fsp3) is 0.143. The lowest BCUT2D eigenvalue weighted by Gasteiger charge is -2.06. The van der Waals surface area contributed by atoms with Crippen molar-refractivity contribution in [3.63, 3.8) is 0 Å². The van der Waals surface area contributed by atoms with E-state index in [-0.39, 0.29) is 0 Å². The third-order valence-electron chi connectivity index (χ3n) is 4.31. The van der Waals surface area contributed by atoms with Gasteiger partial charge in [-0.15, -0.1) is 0 Å². The molecule has 0 N–H and O–H groups in total. The van der Waals surface area contributed by atoms with Gasteiger partial charge in [0.2, 0.25) is 0 Å². The largest absolute Gasteiger partial charge is 0.454 e. The molecule has 0 aliphatic rings. The molecular weight excluding hydrogens is 304 g/mol. The zero-order valence-corrected chi connectivity index (χ0v) is 13.9. The summed E-state index contributed by atoms with van der Waals surface area (Å²) in [6, 6.07) is 20.8. The summed E-state index contributed by atoms with van der Waals surface area (Å²) in [5.41, 5.74) is 3.15. The average molecular weight is 321 g/mol. The van der Waals surface area contributed by atoms with Crippen LogP contribution in [0.25, 0.3) is 33.1 Å². The summed E-state index contributed by atoms with van der Waals surface area (Å²) >= 11 is 6.56. The molecule has 1 aromatic heterocycles. The third kappa shape index (κ3) is 2.42. The molecule has 4 rings (SSSR count). The van der Waals surface area contributed by atoms with Crippen molar-refractivity contribution < 1.29 is 4.42 Å². The second kappa shape index (κ2) is 5.43. The number of fused-ring (bicyclic) bond motifs is 2. The normalized spacial score (nSPS) is 11.7. The lowest BCUT2D eigenvalue weighted by atomic mass is 10.00. The monoisotopic (exact) mass is 320 g/mol. The van der Waals surface area contributed by atoms with Gasteiger partial charge in [-0.3, -0.25) is 0 Å². The lowest BCUT2D eigenvalue weighted by molar-refractivity contribution is 0.632. The molecule has 0 aliphatic heterocycles. The van der Waals surface area contributed by atoms with Crippen LogP contribution in [0.15, 0.2) is 65.1 Å². The van der Waals surface area contributed by atoms with Crippen LogP contribution in [-0.2, 0) is 0 Å². The Morgan fingerprint density at radius 1 is 0.870 bits per heavy atom. The average Bonchev–Trinajstić information content (AvgIpc) is 2.99. The number of benzene rings is 3. The Kier molecular flexibility index (Phi) is 3.39. The van der Waals surface area contributed by atoms with Gasteiger partial charge in [-0.2, -0.15) is 0 Å². The lowest BCUT2D eigenvalue weighted by Crippen LogP contribution is -1.86. The first-order valence-electron chi connectivity index (χ1n) is 7.84. The van der Waals surface area contributed by atoms with Crippen LogP contribution >= 0.6 is 11.6 Å². The molecule has 0 fully saturated rings. The Balaban J connectivity index is 1.94. The predicted molar refractivity (Wildman–Crippen MR) is 98.3 cm³/mol. The van der Waals surface area contributed by atoms with Crippen molar-refractivity contribution in [1.82, 2.24) is 0 Å². The van der Waals surface area contributed by atoms with Crippen LogP contribution < -0.4 is 0 Å². The van der Waals surface area contributed by atoms with Gasteiger partial charge >= 0.3 is 0 Å². The molecule has 23 heavy (non-hydrogen) atoms. The van der Waals surface area contributed by atoms with E-state index in [1.807, 2.05) is 18.2 Å². The van der Waals surface area contributed by atoms with Gasteiger partial charge in [0.05, 0.1) is 5.02 Å². The summed E-state index contributed by atoms with van der Waals surface area (Å²) in [4.78, 5) is 0. The summed E-state index contributed by atoms with van der Waals surface area (Å²) in [6.45, 7) is 4.39. The topological polar surface area (TPSA) is 13.1 Å². The first-order valence-corrected chi connectivity index (χ1v) is 8.22. The molecular formula is C21H17ClO. The summed E-state index contributed by atoms with van der Waals surface area (Å²) in [5, 5.41) is 3.88. The van der Waals surface area contributed by atoms with Crippen molar-refractivity contribution in [2.75, 3.05) is 0 Å². The van der Waals surface area contributed by atoms with E-state index in [2.05, 4.69) is 56.3 Å². The van der Waals surface area contributed by atoms with E-state index >= 15 is 0 Å². The van der Waals surface area contributed by atoms with E-state index in [0.717, 1.165) is 33.1 Å². The molecule has 114 valence electrons. The molecule has 0 aliphatic carbocycles. The van der Waals surface area contributed by atoms with E-state index in [1.165, 1.54) is 5.56 Å². The molecule has 4 aromatic rings. The van der Waals surface area contributed by atoms with Crippen molar-refractivity contribution >= 4 is 33.3 Å². The number of hydrogen-bond acceptors (Lipinski definition) is 1. The molecule has 0 saturated heterocycles. The number of hydrogen-bond donors (Lipinski definition) is 0. The Labute approximate surface area is 140 Å². The minimum atomic E-state index is 0.491. The molecule has 0 amide bonds. The van der Waals surface area contributed by atoms with E-state index in [1.54, 1.807) is 0 Å². The van der Waals surface area contributed by atoms with Crippen molar-refractivity contribution in [2.45, 2.75) is 19.8 Å². The van der Waals surface area contributed by atoms with Crippen LogP contribution in [0, 0.1) is 0 Å².